The Balaban J connectivity index is 1.50. The number of amides is 2. The fourth-order valence-corrected chi connectivity index (χ4v) is 5.22. The van der Waals surface area contributed by atoms with Gasteiger partial charge in [0.1, 0.15) is 17.2 Å². The number of pyridine rings is 1. The number of ether oxygens (including phenoxy) is 1. The van der Waals surface area contributed by atoms with E-state index >= 15 is 0 Å². The van der Waals surface area contributed by atoms with Gasteiger partial charge in [0, 0.05) is 50.1 Å². The second-order valence-corrected chi connectivity index (χ2v) is 10.8. The van der Waals surface area contributed by atoms with Crippen molar-refractivity contribution in [2.24, 2.45) is 4.99 Å². The van der Waals surface area contributed by atoms with Crippen LogP contribution in [0.2, 0.25) is 0 Å². The molecule has 1 aliphatic rings. The van der Waals surface area contributed by atoms with E-state index in [2.05, 4.69) is 42.0 Å². The second kappa shape index (κ2) is 14.5. The maximum atomic E-state index is 13.5. The first-order valence-electron chi connectivity index (χ1n) is 14.2. The minimum atomic E-state index is -0.429. The summed E-state index contributed by atoms with van der Waals surface area (Å²) in [5.74, 6) is -1.22. The predicted octanol–water partition coefficient (Wildman–Crippen LogP) is 4.80. The topological polar surface area (TPSA) is 123 Å². The lowest BCUT2D eigenvalue weighted by Gasteiger charge is -2.26. The summed E-state index contributed by atoms with van der Waals surface area (Å²) in [5, 5.41) is 14.9. The number of aryl methyl sites for hydroxylation is 2. The van der Waals surface area contributed by atoms with Gasteiger partial charge in [-0.3, -0.25) is 9.59 Å². The average molecular weight is 643 g/mol. The van der Waals surface area contributed by atoms with Crippen LogP contribution in [-0.2, 0) is 40.4 Å². The molecular formula is C30H37BrFN7O3. The molecule has 2 aromatic heterocycles. The fourth-order valence-electron chi connectivity index (χ4n) is 4.80. The standard InChI is InChI=1S/C30H37BrFN7O3/c1-5-25-21(27(37-20-10-12-42-13-11-20)22-17-35-39(7-3)28(22)38-25)16-34-30(41)26(6-2)36-18(4)29(40)33-15-19-8-9-24(32)23(31)14-19/h6,8-9,14,17,20H,5,7,10-13,15-16H2,1-4H3,(H,33,40)(H,34,41)(H,37,38)/b26-6-,36-18?. The van der Waals surface area contributed by atoms with E-state index in [0.717, 1.165) is 46.4 Å². The number of anilines is 1. The molecular weight excluding hydrogens is 605 g/mol. The van der Waals surface area contributed by atoms with E-state index in [1.807, 2.05) is 24.7 Å². The molecule has 3 aromatic rings. The van der Waals surface area contributed by atoms with Crippen molar-refractivity contribution in [1.29, 1.82) is 0 Å². The smallest absolute Gasteiger partial charge is 0.269 e. The Bertz CT molecular complexity index is 1510. The van der Waals surface area contributed by atoms with E-state index in [4.69, 9.17) is 9.72 Å². The van der Waals surface area contributed by atoms with Crippen molar-refractivity contribution in [3.8, 4) is 0 Å². The van der Waals surface area contributed by atoms with Gasteiger partial charge in [-0.25, -0.2) is 19.0 Å². The monoisotopic (exact) mass is 641 g/mol. The highest BCUT2D eigenvalue weighted by atomic mass is 79.9. The number of hydrogen-bond acceptors (Lipinski definition) is 7. The Hall–Kier alpha value is -3.64. The van der Waals surface area contributed by atoms with Crippen LogP contribution >= 0.6 is 15.9 Å². The van der Waals surface area contributed by atoms with Crippen LogP contribution in [0.25, 0.3) is 11.0 Å². The molecule has 3 N–H and O–H groups in total. The Morgan fingerprint density at radius 3 is 2.60 bits per heavy atom. The Kier molecular flexibility index (Phi) is 10.8. The third-order valence-electron chi connectivity index (χ3n) is 7.16. The van der Waals surface area contributed by atoms with Crippen LogP contribution in [0, 0.1) is 5.82 Å². The molecule has 2 amide bonds. The number of fused-ring (bicyclic) bond motifs is 1. The quantitative estimate of drug-likeness (QED) is 0.204. The van der Waals surface area contributed by atoms with E-state index in [-0.39, 0.29) is 36.4 Å². The van der Waals surface area contributed by atoms with E-state index < -0.39 is 11.8 Å². The molecule has 0 atom stereocenters. The van der Waals surface area contributed by atoms with Crippen LogP contribution in [0.15, 0.2) is 45.6 Å². The molecule has 1 saturated heterocycles. The van der Waals surface area contributed by atoms with Crippen LogP contribution in [-0.4, -0.2) is 51.5 Å². The number of allylic oxidation sites excluding steroid dienone is 1. The molecule has 224 valence electrons. The highest BCUT2D eigenvalue weighted by Gasteiger charge is 2.22. The zero-order chi connectivity index (χ0) is 30.2. The molecule has 1 aliphatic heterocycles. The average Bonchev–Trinajstić information content (AvgIpc) is 3.42. The summed E-state index contributed by atoms with van der Waals surface area (Å²) in [7, 11) is 0. The van der Waals surface area contributed by atoms with Crippen molar-refractivity contribution < 1.29 is 18.7 Å². The lowest BCUT2D eigenvalue weighted by molar-refractivity contribution is -0.117. The minimum Gasteiger partial charge on any atom is -0.381 e. The second-order valence-electron chi connectivity index (χ2n) is 9.98. The Morgan fingerprint density at radius 2 is 1.93 bits per heavy atom. The van der Waals surface area contributed by atoms with Crippen LogP contribution < -0.4 is 16.0 Å². The van der Waals surface area contributed by atoms with Gasteiger partial charge in [-0.1, -0.05) is 19.1 Å². The molecule has 0 saturated carbocycles. The van der Waals surface area contributed by atoms with Gasteiger partial charge in [0.2, 0.25) is 0 Å². The summed E-state index contributed by atoms with van der Waals surface area (Å²) in [6, 6.07) is 4.75. The van der Waals surface area contributed by atoms with Crippen molar-refractivity contribution in [1.82, 2.24) is 25.4 Å². The van der Waals surface area contributed by atoms with E-state index in [1.54, 1.807) is 32.1 Å². The number of aliphatic imine (C=N–C) groups is 1. The molecule has 42 heavy (non-hydrogen) atoms. The first-order valence-corrected chi connectivity index (χ1v) is 15.0. The van der Waals surface area contributed by atoms with Crippen LogP contribution in [0.5, 0.6) is 0 Å². The number of nitrogens with one attached hydrogen (secondary N) is 3. The number of aromatic nitrogens is 3. The maximum Gasteiger partial charge on any atom is 0.269 e. The number of hydrogen-bond donors (Lipinski definition) is 3. The molecule has 10 nitrogen and oxygen atoms in total. The zero-order valence-corrected chi connectivity index (χ0v) is 26.0. The van der Waals surface area contributed by atoms with Crippen molar-refractivity contribution in [2.45, 2.75) is 72.6 Å². The first kappa shape index (κ1) is 31.3. The Morgan fingerprint density at radius 1 is 1.19 bits per heavy atom. The van der Waals surface area contributed by atoms with E-state index in [9.17, 15) is 14.0 Å². The molecule has 1 fully saturated rings. The van der Waals surface area contributed by atoms with Crippen LogP contribution in [0.3, 0.4) is 0 Å². The third kappa shape index (κ3) is 7.40. The lowest BCUT2D eigenvalue weighted by atomic mass is 10.0. The van der Waals surface area contributed by atoms with Crippen molar-refractivity contribution in [2.75, 3.05) is 18.5 Å². The van der Waals surface area contributed by atoms with Gasteiger partial charge < -0.3 is 20.7 Å². The first-order chi connectivity index (χ1) is 20.2. The lowest BCUT2D eigenvalue weighted by Crippen LogP contribution is -2.31. The molecule has 12 heteroatoms. The summed E-state index contributed by atoms with van der Waals surface area (Å²) in [4.78, 5) is 35.1. The zero-order valence-electron chi connectivity index (χ0n) is 24.4. The highest BCUT2D eigenvalue weighted by Crippen LogP contribution is 2.31. The summed E-state index contributed by atoms with van der Waals surface area (Å²) >= 11 is 3.15. The number of carbonyl (C=O) groups is 2. The van der Waals surface area contributed by atoms with Crippen molar-refractivity contribution >= 4 is 50.2 Å². The maximum absolute atomic E-state index is 13.5. The molecule has 0 aliphatic carbocycles. The van der Waals surface area contributed by atoms with Gasteiger partial charge in [-0.2, -0.15) is 5.10 Å². The van der Waals surface area contributed by atoms with Gasteiger partial charge >= 0.3 is 0 Å². The van der Waals surface area contributed by atoms with Gasteiger partial charge in [-0.05, 0) is 73.7 Å². The largest absolute Gasteiger partial charge is 0.381 e. The number of carbonyl (C=O) groups excluding carboxylic acids is 2. The number of halogens is 2. The van der Waals surface area contributed by atoms with Gasteiger partial charge in [0.15, 0.2) is 5.65 Å². The predicted molar refractivity (Wildman–Crippen MR) is 165 cm³/mol. The van der Waals surface area contributed by atoms with Gasteiger partial charge in [0.25, 0.3) is 11.8 Å². The van der Waals surface area contributed by atoms with Crippen LogP contribution in [0.1, 0.15) is 57.4 Å². The van der Waals surface area contributed by atoms with Crippen molar-refractivity contribution in [3.05, 3.63) is 63.3 Å². The number of rotatable bonds is 11. The molecule has 0 unspecified atom stereocenters. The Labute approximate surface area is 253 Å². The molecule has 0 bridgehead atoms. The van der Waals surface area contributed by atoms with Gasteiger partial charge in [-0.15, -0.1) is 0 Å². The normalized spacial score (nSPS) is 14.7. The number of nitrogens with zero attached hydrogens (tertiary/aromatic N) is 4. The summed E-state index contributed by atoms with van der Waals surface area (Å²) < 4.78 is 21.2. The fraction of sp³-hybridized carbons (Fsp3) is 0.433. The number of benzene rings is 1. The van der Waals surface area contributed by atoms with Crippen LogP contribution in [0.4, 0.5) is 10.1 Å². The molecule has 3 heterocycles. The summed E-state index contributed by atoms with van der Waals surface area (Å²) in [6.45, 7) is 9.82. The van der Waals surface area contributed by atoms with Gasteiger partial charge in [0.05, 0.1) is 21.7 Å². The molecule has 0 spiro atoms. The SMILES string of the molecule is C/C=C(\N=C(C)C(=O)NCc1ccc(F)c(Br)c1)C(=O)NCc1c(CC)nc2c(cnn2CC)c1NC1CCOCC1. The molecule has 1 aromatic carbocycles. The summed E-state index contributed by atoms with van der Waals surface area (Å²) in [6.07, 6.45) is 5.84. The molecule has 4 rings (SSSR count). The van der Waals surface area contributed by atoms with E-state index in [0.29, 0.717) is 30.7 Å². The minimum absolute atomic E-state index is 0.122. The van der Waals surface area contributed by atoms with Crippen molar-refractivity contribution in [3.63, 3.8) is 0 Å². The van der Waals surface area contributed by atoms with E-state index in [1.165, 1.54) is 6.07 Å². The molecule has 0 radical (unpaired) electrons. The summed E-state index contributed by atoms with van der Waals surface area (Å²) in [5.41, 5.74) is 4.49. The third-order valence-corrected chi connectivity index (χ3v) is 7.77. The highest BCUT2D eigenvalue weighted by molar-refractivity contribution is 9.10.